The first-order valence-electron chi connectivity index (χ1n) is 9.30. The number of amides is 2. The molecule has 3 fully saturated rings. The van der Waals surface area contributed by atoms with Gasteiger partial charge in [0.15, 0.2) is 0 Å². The number of ether oxygens (including phenoxy) is 1. The molecule has 0 unspecified atom stereocenters. The van der Waals surface area contributed by atoms with E-state index in [-0.39, 0.29) is 29.8 Å². The number of fused-ring (bicyclic) bond motifs is 1. The Bertz CT molecular complexity index is 630. The molecule has 25 heavy (non-hydrogen) atoms. The second-order valence-electron chi connectivity index (χ2n) is 7.26. The summed E-state index contributed by atoms with van der Waals surface area (Å²) in [6.07, 6.45) is 7.39. The lowest BCUT2D eigenvalue weighted by atomic mass is 9.93. The second-order valence-corrected chi connectivity index (χ2v) is 7.26. The molecule has 2 atom stereocenters. The zero-order valence-corrected chi connectivity index (χ0v) is 14.5. The molecule has 3 aliphatic heterocycles. The summed E-state index contributed by atoms with van der Waals surface area (Å²) < 4.78 is 5.39. The molecule has 0 radical (unpaired) electrons. The van der Waals surface area contributed by atoms with E-state index in [1.807, 2.05) is 17.0 Å². The highest BCUT2D eigenvalue weighted by Crippen LogP contribution is 2.34. The fraction of sp³-hybridized carbons (Fsp3) is 0.632. The quantitative estimate of drug-likeness (QED) is 0.836. The lowest BCUT2D eigenvalue weighted by Crippen LogP contribution is -2.53. The third kappa shape index (κ3) is 3.27. The summed E-state index contributed by atoms with van der Waals surface area (Å²) in [6.45, 7) is 2.75. The highest BCUT2D eigenvalue weighted by molar-refractivity contribution is 5.81. The van der Waals surface area contributed by atoms with Crippen molar-refractivity contribution in [2.24, 2.45) is 5.92 Å². The Hall–Kier alpha value is -1.95. The van der Waals surface area contributed by atoms with Crippen molar-refractivity contribution in [2.45, 2.75) is 50.7 Å². The number of likely N-dealkylation sites (tertiary alicyclic amines) is 2. The minimum absolute atomic E-state index is 0.0961. The van der Waals surface area contributed by atoms with Crippen molar-refractivity contribution in [3.05, 3.63) is 30.1 Å². The van der Waals surface area contributed by atoms with Crippen LogP contribution in [0.25, 0.3) is 0 Å². The minimum Gasteiger partial charge on any atom is -0.381 e. The molecule has 4 rings (SSSR count). The molecule has 6 nitrogen and oxygen atoms in total. The number of hydrogen-bond acceptors (Lipinski definition) is 4. The van der Waals surface area contributed by atoms with E-state index in [0.717, 1.165) is 37.8 Å². The van der Waals surface area contributed by atoms with Gasteiger partial charge in [0.2, 0.25) is 11.8 Å². The molecule has 0 aliphatic carbocycles. The normalized spacial score (nSPS) is 27.4. The molecule has 3 aliphatic rings. The standard InChI is InChI=1S/C19H25N3O3/c23-18-2-1-16-17(22(18)13-14-3-8-20-9-4-14)5-10-21(16)19(24)15-6-11-25-12-7-15/h3-4,8-9,15-17H,1-2,5-7,10-13H2/t16-,17-/m1/s1. The summed E-state index contributed by atoms with van der Waals surface area (Å²) >= 11 is 0. The Morgan fingerprint density at radius 2 is 1.88 bits per heavy atom. The van der Waals surface area contributed by atoms with Crippen molar-refractivity contribution in [1.82, 2.24) is 14.8 Å². The lowest BCUT2D eigenvalue weighted by molar-refractivity contribution is -0.145. The molecular formula is C19H25N3O3. The van der Waals surface area contributed by atoms with Crippen molar-refractivity contribution >= 4 is 11.8 Å². The van der Waals surface area contributed by atoms with Crippen molar-refractivity contribution in [2.75, 3.05) is 19.8 Å². The van der Waals surface area contributed by atoms with Crippen molar-refractivity contribution in [3.63, 3.8) is 0 Å². The first-order chi connectivity index (χ1) is 12.2. The zero-order valence-electron chi connectivity index (χ0n) is 14.5. The van der Waals surface area contributed by atoms with Gasteiger partial charge in [-0.3, -0.25) is 14.6 Å². The number of pyridine rings is 1. The Labute approximate surface area is 148 Å². The van der Waals surface area contributed by atoms with Crippen LogP contribution in [0.15, 0.2) is 24.5 Å². The van der Waals surface area contributed by atoms with Gasteiger partial charge in [-0.1, -0.05) is 0 Å². The van der Waals surface area contributed by atoms with E-state index in [2.05, 4.69) is 9.88 Å². The van der Waals surface area contributed by atoms with E-state index in [0.29, 0.717) is 26.2 Å². The van der Waals surface area contributed by atoms with Gasteiger partial charge in [0.25, 0.3) is 0 Å². The van der Waals surface area contributed by atoms with Crippen LogP contribution in [-0.2, 0) is 20.9 Å². The van der Waals surface area contributed by atoms with Crippen LogP contribution in [0.4, 0.5) is 0 Å². The van der Waals surface area contributed by atoms with E-state index in [4.69, 9.17) is 4.74 Å². The lowest BCUT2D eigenvalue weighted by Gasteiger charge is -2.40. The van der Waals surface area contributed by atoms with E-state index in [1.54, 1.807) is 12.4 Å². The van der Waals surface area contributed by atoms with Crippen LogP contribution in [0.3, 0.4) is 0 Å². The molecule has 1 aromatic rings. The van der Waals surface area contributed by atoms with Crippen LogP contribution < -0.4 is 0 Å². The predicted molar refractivity (Wildman–Crippen MR) is 91.5 cm³/mol. The highest BCUT2D eigenvalue weighted by atomic mass is 16.5. The van der Waals surface area contributed by atoms with E-state index >= 15 is 0 Å². The maximum atomic E-state index is 13.0. The van der Waals surface area contributed by atoms with Gasteiger partial charge in [-0.25, -0.2) is 0 Å². The predicted octanol–water partition coefficient (Wildman–Crippen LogP) is 1.60. The molecule has 0 aromatic carbocycles. The largest absolute Gasteiger partial charge is 0.381 e. The molecule has 6 heteroatoms. The third-order valence-corrected chi connectivity index (χ3v) is 5.84. The Morgan fingerprint density at radius 3 is 2.64 bits per heavy atom. The first-order valence-corrected chi connectivity index (χ1v) is 9.30. The van der Waals surface area contributed by atoms with Gasteiger partial charge < -0.3 is 14.5 Å². The third-order valence-electron chi connectivity index (χ3n) is 5.84. The zero-order chi connectivity index (χ0) is 17.2. The fourth-order valence-corrected chi connectivity index (χ4v) is 4.49. The number of rotatable bonds is 3. The van der Waals surface area contributed by atoms with Gasteiger partial charge >= 0.3 is 0 Å². The number of aromatic nitrogens is 1. The number of nitrogens with zero attached hydrogens (tertiary/aromatic N) is 3. The summed E-state index contributed by atoms with van der Waals surface area (Å²) in [4.78, 5) is 33.6. The van der Waals surface area contributed by atoms with Gasteiger partial charge in [0, 0.05) is 51.0 Å². The Kier molecular flexibility index (Phi) is 4.70. The number of hydrogen-bond donors (Lipinski definition) is 0. The second kappa shape index (κ2) is 7.12. The summed E-state index contributed by atoms with van der Waals surface area (Å²) in [6, 6.07) is 4.24. The molecule has 4 heterocycles. The van der Waals surface area contributed by atoms with Gasteiger partial charge in [-0.05, 0) is 43.4 Å². The smallest absolute Gasteiger partial charge is 0.226 e. The molecule has 0 N–H and O–H groups in total. The van der Waals surface area contributed by atoms with E-state index < -0.39 is 0 Å². The van der Waals surface area contributed by atoms with Gasteiger partial charge in [0.1, 0.15) is 0 Å². The van der Waals surface area contributed by atoms with Crippen molar-refractivity contribution < 1.29 is 14.3 Å². The molecule has 0 saturated carbocycles. The SMILES string of the molecule is O=C1CC[C@@H]2[C@@H](CCN2C(=O)C2CCOCC2)N1Cc1ccncc1. The Balaban J connectivity index is 1.48. The molecular weight excluding hydrogens is 318 g/mol. The molecule has 1 aromatic heterocycles. The molecule has 134 valence electrons. The molecule has 0 spiro atoms. The fourth-order valence-electron chi connectivity index (χ4n) is 4.49. The van der Waals surface area contributed by atoms with E-state index in [1.165, 1.54) is 0 Å². The number of carbonyl (C=O) groups is 2. The average molecular weight is 343 g/mol. The van der Waals surface area contributed by atoms with Crippen LogP contribution in [-0.4, -0.2) is 58.4 Å². The topological polar surface area (TPSA) is 62.7 Å². The van der Waals surface area contributed by atoms with Crippen molar-refractivity contribution in [3.8, 4) is 0 Å². The Morgan fingerprint density at radius 1 is 1.12 bits per heavy atom. The number of carbonyl (C=O) groups excluding carboxylic acids is 2. The maximum absolute atomic E-state index is 13.0. The van der Waals surface area contributed by atoms with Crippen LogP contribution in [0.5, 0.6) is 0 Å². The van der Waals surface area contributed by atoms with Crippen LogP contribution in [0.1, 0.15) is 37.7 Å². The molecule has 2 amide bonds. The van der Waals surface area contributed by atoms with E-state index in [9.17, 15) is 9.59 Å². The van der Waals surface area contributed by atoms with Gasteiger partial charge in [-0.2, -0.15) is 0 Å². The van der Waals surface area contributed by atoms with Crippen LogP contribution in [0, 0.1) is 5.92 Å². The molecule has 0 bridgehead atoms. The summed E-state index contributed by atoms with van der Waals surface area (Å²) in [5.74, 6) is 0.575. The summed E-state index contributed by atoms with van der Waals surface area (Å²) in [5, 5.41) is 0. The molecule has 3 saturated heterocycles. The minimum atomic E-state index is 0.0961. The monoisotopic (exact) mass is 343 g/mol. The number of piperidine rings is 1. The van der Waals surface area contributed by atoms with Crippen LogP contribution in [0.2, 0.25) is 0 Å². The van der Waals surface area contributed by atoms with Crippen LogP contribution >= 0.6 is 0 Å². The van der Waals surface area contributed by atoms with Gasteiger partial charge in [0.05, 0.1) is 12.1 Å². The van der Waals surface area contributed by atoms with Gasteiger partial charge in [-0.15, -0.1) is 0 Å². The van der Waals surface area contributed by atoms with Crippen molar-refractivity contribution in [1.29, 1.82) is 0 Å². The summed E-state index contributed by atoms with van der Waals surface area (Å²) in [7, 11) is 0. The summed E-state index contributed by atoms with van der Waals surface area (Å²) in [5.41, 5.74) is 1.10. The first kappa shape index (κ1) is 16.5. The average Bonchev–Trinajstić information content (AvgIpc) is 3.09. The maximum Gasteiger partial charge on any atom is 0.226 e. The highest BCUT2D eigenvalue weighted by Gasteiger charge is 2.45.